The average molecular weight is 457 g/mol. The van der Waals surface area contributed by atoms with Gasteiger partial charge in [-0.05, 0) is 30.7 Å². The summed E-state index contributed by atoms with van der Waals surface area (Å²) in [5.74, 6) is 0. The second-order valence-corrected chi connectivity index (χ2v) is 9.16. The fraction of sp³-hybridized carbons (Fsp3) is 0.0769. The van der Waals surface area contributed by atoms with Crippen molar-refractivity contribution in [1.82, 2.24) is 9.55 Å². The number of benzene rings is 3. The Kier molecular flexibility index (Phi) is 5.75. The third-order valence-corrected chi connectivity index (χ3v) is 6.38. The molecule has 5 aromatic rings. The molecule has 2 heterocycles. The maximum Gasteiger partial charge on any atom is 0.204 e. The maximum absolute atomic E-state index is 6.14. The molecule has 0 radical (unpaired) electrons. The summed E-state index contributed by atoms with van der Waals surface area (Å²) < 4.78 is 2.26. The van der Waals surface area contributed by atoms with Crippen LogP contribution in [0, 0.1) is 6.92 Å². The molecule has 158 valence electrons. The third-order valence-electron chi connectivity index (χ3n) is 5.27. The van der Waals surface area contributed by atoms with Gasteiger partial charge in [-0.3, -0.25) is 5.43 Å². The van der Waals surface area contributed by atoms with Crippen LogP contribution in [0.1, 0.15) is 16.0 Å². The standard InChI is InChI=1S/C26H21ClN4S/c1-18-25(20-10-7-11-22(27)14-20)29-26(32-18)30-28-15-21-17-31(16-19-8-3-2-4-9-19)24-13-6-5-12-23(21)24/h2-15,17H,16H2,1H3,(H,29,30)/b28-15+. The molecule has 0 bridgehead atoms. The van der Waals surface area contributed by atoms with E-state index >= 15 is 0 Å². The summed E-state index contributed by atoms with van der Waals surface area (Å²) in [4.78, 5) is 5.82. The van der Waals surface area contributed by atoms with E-state index in [9.17, 15) is 0 Å². The lowest BCUT2D eigenvalue weighted by Gasteiger charge is -2.05. The summed E-state index contributed by atoms with van der Waals surface area (Å²) in [6.07, 6.45) is 4.01. The van der Waals surface area contributed by atoms with Gasteiger partial charge in [0.2, 0.25) is 5.13 Å². The molecule has 5 rings (SSSR count). The normalized spacial score (nSPS) is 11.4. The summed E-state index contributed by atoms with van der Waals surface area (Å²) in [6.45, 7) is 2.87. The second kappa shape index (κ2) is 8.99. The van der Waals surface area contributed by atoms with E-state index in [1.807, 2.05) is 36.5 Å². The van der Waals surface area contributed by atoms with Crippen molar-refractivity contribution in [1.29, 1.82) is 0 Å². The Balaban J connectivity index is 1.38. The van der Waals surface area contributed by atoms with Crippen LogP contribution in [0.2, 0.25) is 5.02 Å². The zero-order chi connectivity index (χ0) is 21.9. The maximum atomic E-state index is 6.14. The number of fused-ring (bicyclic) bond motifs is 1. The van der Waals surface area contributed by atoms with E-state index in [-0.39, 0.29) is 0 Å². The van der Waals surface area contributed by atoms with Crippen LogP contribution in [0.25, 0.3) is 22.2 Å². The number of aryl methyl sites for hydroxylation is 1. The van der Waals surface area contributed by atoms with Gasteiger partial charge in [0.1, 0.15) is 0 Å². The Bertz CT molecular complexity index is 1400. The first kappa shape index (κ1) is 20.5. The highest BCUT2D eigenvalue weighted by molar-refractivity contribution is 7.16. The first-order chi connectivity index (χ1) is 15.7. The summed E-state index contributed by atoms with van der Waals surface area (Å²) in [7, 11) is 0. The van der Waals surface area contributed by atoms with Gasteiger partial charge in [-0.15, -0.1) is 11.3 Å². The Morgan fingerprint density at radius 3 is 2.69 bits per heavy atom. The molecule has 0 aliphatic carbocycles. The quantitative estimate of drug-likeness (QED) is 0.216. The SMILES string of the molecule is Cc1sc(N/N=C/c2cn(Cc3ccccc3)c3ccccc23)nc1-c1cccc(Cl)c1. The van der Waals surface area contributed by atoms with Gasteiger partial charge in [0.15, 0.2) is 0 Å². The van der Waals surface area contributed by atoms with Crippen LogP contribution in [0.3, 0.4) is 0 Å². The second-order valence-electron chi connectivity index (χ2n) is 7.52. The molecule has 2 aromatic heterocycles. The Morgan fingerprint density at radius 1 is 1.03 bits per heavy atom. The smallest absolute Gasteiger partial charge is 0.204 e. The van der Waals surface area contributed by atoms with E-state index in [0.717, 1.165) is 33.4 Å². The summed E-state index contributed by atoms with van der Waals surface area (Å²) in [5, 5.41) is 7.11. The van der Waals surface area contributed by atoms with Gasteiger partial charge in [0.05, 0.1) is 11.9 Å². The van der Waals surface area contributed by atoms with Crippen molar-refractivity contribution in [3.05, 3.63) is 106 Å². The number of thiazole rings is 1. The number of anilines is 1. The van der Waals surface area contributed by atoms with Gasteiger partial charge in [0, 0.05) is 44.7 Å². The van der Waals surface area contributed by atoms with Gasteiger partial charge in [-0.1, -0.05) is 72.3 Å². The highest BCUT2D eigenvalue weighted by Gasteiger charge is 2.10. The van der Waals surface area contributed by atoms with Gasteiger partial charge < -0.3 is 4.57 Å². The number of halogens is 1. The van der Waals surface area contributed by atoms with E-state index in [4.69, 9.17) is 16.6 Å². The van der Waals surface area contributed by atoms with Crippen LogP contribution in [-0.4, -0.2) is 15.8 Å². The minimum absolute atomic E-state index is 0.703. The number of hydrogen-bond donors (Lipinski definition) is 1. The van der Waals surface area contributed by atoms with E-state index in [0.29, 0.717) is 5.02 Å². The number of nitrogens with one attached hydrogen (secondary N) is 1. The van der Waals surface area contributed by atoms with E-state index in [1.165, 1.54) is 16.5 Å². The Labute approximate surface area is 195 Å². The van der Waals surface area contributed by atoms with Gasteiger partial charge >= 0.3 is 0 Å². The van der Waals surface area contributed by atoms with Crippen molar-refractivity contribution < 1.29 is 0 Å². The molecule has 32 heavy (non-hydrogen) atoms. The highest BCUT2D eigenvalue weighted by atomic mass is 35.5. The third kappa shape index (κ3) is 4.31. The molecule has 0 aliphatic rings. The molecule has 0 fully saturated rings. The summed E-state index contributed by atoms with van der Waals surface area (Å²) in [6, 6.07) is 26.6. The largest absolute Gasteiger partial charge is 0.342 e. The van der Waals surface area contributed by atoms with Gasteiger partial charge in [-0.25, -0.2) is 4.98 Å². The van der Waals surface area contributed by atoms with Crippen LogP contribution in [-0.2, 0) is 6.54 Å². The van der Waals surface area contributed by atoms with E-state index in [1.54, 1.807) is 11.3 Å². The summed E-state index contributed by atoms with van der Waals surface area (Å²) in [5.41, 5.74) is 8.54. The molecule has 4 nitrogen and oxygen atoms in total. The van der Waals surface area contributed by atoms with Gasteiger partial charge in [-0.2, -0.15) is 5.10 Å². The number of rotatable bonds is 6. The van der Waals surface area contributed by atoms with E-state index in [2.05, 4.69) is 76.7 Å². The van der Waals surface area contributed by atoms with Gasteiger partial charge in [0.25, 0.3) is 0 Å². The number of aromatic nitrogens is 2. The van der Waals surface area contributed by atoms with Crippen molar-refractivity contribution in [3.8, 4) is 11.3 Å². The lowest BCUT2D eigenvalue weighted by Crippen LogP contribution is -1.97. The van der Waals surface area contributed by atoms with Crippen molar-refractivity contribution in [2.45, 2.75) is 13.5 Å². The predicted octanol–water partition coefficient (Wildman–Crippen LogP) is 7.22. The zero-order valence-electron chi connectivity index (χ0n) is 17.5. The molecule has 0 aliphatic heterocycles. The van der Waals surface area contributed by atoms with Crippen molar-refractivity contribution in [2.24, 2.45) is 5.10 Å². The molecule has 0 spiro atoms. The Hall–Kier alpha value is -3.41. The van der Waals surface area contributed by atoms with E-state index < -0.39 is 0 Å². The number of para-hydroxylation sites is 1. The monoisotopic (exact) mass is 456 g/mol. The van der Waals surface area contributed by atoms with Crippen LogP contribution in [0.15, 0.2) is 90.2 Å². The molecular formula is C26H21ClN4S. The molecular weight excluding hydrogens is 436 g/mol. The van der Waals surface area contributed by atoms with Crippen LogP contribution in [0.4, 0.5) is 5.13 Å². The molecule has 0 unspecified atom stereocenters. The molecule has 0 saturated heterocycles. The Morgan fingerprint density at radius 2 is 1.84 bits per heavy atom. The molecule has 3 aromatic carbocycles. The molecule has 0 atom stereocenters. The lowest BCUT2D eigenvalue weighted by atomic mass is 10.1. The fourth-order valence-electron chi connectivity index (χ4n) is 3.79. The predicted molar refractivity (Wildman–Crippen MR) is 136 cm³/mol. The van der Waals surface area contributed by atoms with Crippen molar-refractivity contribution in [2.75, 3.05) is 5.43 Å². The fourth-order valence-corrected chi connectivity index (χ4v) is 4.77. The minimum atomic E-state index is 0.703. The summed E-state index contributed by atoms with van der Waals surface area (Å²) >= 11 is 7.72. The number of nitrogens with zero attached hydrogens (tertiary/aromatic N) is 3. The van der Waals surface area contributed by atoms with Crippen LogP contribution >= 0.6 is 22.9 Å². The molecule has 1 N–H and O–H groups in total. The van der Waals surface area contributed by atoms with Crippen molar-refractivity contribution in [3.63, 3.8) is 0 Å². The zero-order valence-corrected chi connectivity index (χ0v) is 19.1. The molecule has 0 amide bonds. The minimum Gasteiger partial charge on any atom is -0.342 e. The number of hydrogen-bond acceptors (Lipinski definition) is 4. The number of hydrazone groups is 1. The lowest BCUT2D eigenvalue weighted by molar-refractivity contribution is 0.836. The first-order valence-corrected chi connectivity index (χ1v) is 11.5. The molecule has 0 saturated carbocycles. The molecule has 6 heteroatoms. The highest BCUT2D eigenvalue weighted by Crippen LogP contribution is 2.31. The van der Waals surface area contributed by atoms with Crippen molar-refractivity contribution >= 4 is 45.2 Å². The topological polar surface area (TPSA) is 42.2 Å². The van der Waals surface area contributed by atoms with Crippen LogP contribution in [0.5, 0.6) is 0 Å². The average Bonchev–Trinajstić information content (AvgIpc) is 3.35. The van der Waals surface area contributed by atoms with Crippen LogP contribution < -0.4 is 5.43 Å². The first-order valence-electron chi connectivity index (χ1n) is 10.3.